The summed E-state index contributed by atoms with van der Waals surface area (Å²) < 4.78 is 7.45. The van der Waals surface area contributed by atoms with Crippen molar-refractivity contribution in [3.8, 4) is 0 Å². The molecule has 0 radical (unpaired) electrons. The predicted octanol–water partition coefficient (Wildman–Crippen LogP) is 0.905. The van der Waals surface area contributed by atoms with Crippen LogP contribution in [-0.4, -0.2) is 28.8 Å². The molecular weight excluding hydrogens is 216 g/mol. The molecule has 1 atom stereocenters. The first-order chi connectivity index (χ1) is 8.35. The van der Waals surface area contributed by atoms with Crippen LogP contribution in [0.5, 0.6) is 0 Å². The van der Waals surface area contributed by atoms with Gasteiger partial charge in [0.05, 0.1) is 30.0 Å². The molecule has 0 aliphatic carbocycles. The Kier molecular flexibility index (Phi) is 4.08. The van der Waals surface area contributed by atoms with Gasteiger partial charge in [-0.2, -0.15) is 0 Å². The molecule has 2 aromatic rings. The van der Waals surface area contributed by atoms with E-state index in [9.17, 15) is 0 Å². The summed E-state index contributed by atoms with van der Waals surface area (Å²) in [5.41, 5.74) is 4.88. The Morgan fingerprint density at radius 3 is 3.06 bits per heavy atom. The maximum Gasteiger partial charge on any atom is 0.0958 e. The number of nitrogens with one attached hydrogen (secondary N) is 1. The lowest BCUT2D eigenvalue weighted by molar-refractivity contribution is 0.118. The summed E-state index contributed by atoms with van der Waals surface area (Å²) in [4.78, 5) is 4.34. The van der Waals surface area contributed by atoms with Gasteiger partial charge in [0.1, 0.15) is 0 Å². The second-order valence-electron chi connectivity index (χ2n) is 3.91. The van der Waals surface area contributed by atoms with E-state index in [1.54, 1.807) is 0 Å². The molecule has 5 nitrogen and oxygen atoms in total. The van der Waals surface area contributed by atoms with Gasteiger partial charge in [0.2, 0.25) is 0 Å². The van der Waals surface area contributed by atoms with Crippen molar-refractivity contribution in [3.05, 3.63) is 30.6 Å². The van der Waals surface area contributed by atoms with Crippen molar-refractivity contribution in [3.63, 3.8) is 0 Å². The van der Waals surface area contributed by atoms with Crippen LogP contribution < -0.4 is 11.3 Å². The number of hydrazine groups is 1. The van der Waals surface area contributed by atoms with Gasteiger partial charge in [-0.25, -0.2) is 4.98 Å². The highest BCUT2D eigenvalue weighted by molar-refractivity contribution is 5.74. The first kappa shape index (κ1) is 12.0. The molecule has 0 amide bonds. The Bertz CT molecular complexity index is 468. The first-order valence-corrected chi connectivity index (χ1v) is 5.79. The second kappa shape index (κ2) is 5.77. The molecule has 0 bridgehead atoms. The Labute approximate surface area is 101 Å². The van der Waals surface area contributed by atoms with Crippen molar-refractivity contribution >= 4 is 11.0 Å². The lowest BCUT2D eigenvalue weighted by Gasteiger charge is -2.16. The molecular formula is C12H18N4O. The third-order valence-electron chi connectivity index (χ3n) is 2.70. The fourth-order valence-electron chi connectivity index (χ4n) is 1.81. The molecule has 2 rings (SSSR count). The van der Waals surface area contributed by atoms with Crippen molar-refractivity contribution in [2.75, 3.05) is 13.2 Å². The molecule has 3 N–H and O–H groups in total. The SMILES string of the molecule is CCOCC(Cn1cnc2ccccc21)NN. The van der Waals surface area contributed by atoms with E-state index in [0.29, 0.717) is 13.2 Å². The van der Waals surface area contributed by atoms with Crippen LogP contribution in [0.4, 0.5) is 0 Å². The number of hydrogen-bond acceptors (Lipinski definition) is 4. The highest BCUT2D eigenvalue weighted by atomic mass is 16.5. The molecule has 92 valence electrons. The summed E-state index contributed by atoms with van der Waals surface area (Å²) in [6.07, 6.45) is 1.83. The van der Waals surface area contributed by atoms with Gasteiger partial charge in [-0.05, 0) is 19.1 Å². The lowest BCUT2D eigenvalue weighted by atomic mass is 10.3. The molecule has 0 saturated carbocycles. The van der Waals surface area contributed by atoms with Crippen LogP contribution in [0.3, 0.4) is 0 Å². The van der Waals surface area contributed by atoms with Crippen molar-refractivity contribution in [2.24, 2.45) is 5.84 Å². The number of aromatic nitrogens is 2. The Hall–Kier alpha value is -1.43. The predicted molar refractivity (Wildman–Crippen MR) is 67.3 cm³/mol. The highest BCUT2D eigenvalue weighted by Crippen LogP contribution is 2.12. The maximum atomic E-state index is 5.51. The minimum absolute atomic E-state index is 0.0903. The topological polar surface area (TPSA) is 65.1 Å². The molecule has 0 aliphatic heterocycles. The number of imidazole rings is 1. The van der Waals surface area contributed by atoms with Crippen molar-refractivity contribution in [2.45, 2.75) is 19.5 Å². The van der Waals surface area contributed by atoms with Gasteiger partial charge in [-0.3, -0.25) is 11.3 Å². The summed E-state index contributed by atoms with van der Waals surface area (Å²) in [6.45, 7) is 4.01. The average Bonchev–Trinajstić information content (AvgIpc) is 2.78. The smallest absolute Gasteiger partial charge is 0.0958 e. The van der Waals surface area contributed by atoms with Gasteiger partial charge in [0, 0.05) is 13.2 Å². The summed E-state index contributed by atoms with van der Waals surface area (Å²) in [6, 6.07) is 8.13. The van der Waals surface area contributed by atoms with E-state index in [1.807, 2.05) is 31.5 Å². The first-order valence-electron chi connectivity index (χ1n) is 5.79. The molecule has 1 aromatic heterocycles. The van der Waals surface area contributed by atoms with E-state index in [0.717, 1.165) is 17.6 Å². The molecule has 0 saturated heterocycles. The van der Waals surface area contributed by atoms with Crippen LogP contribution in [0, 0.1) is 0 Å². The molecule has 1 unspecified atom stereocenters. The number of para-hydroxylation sites is 2. The third-order valence-corrected chi connectivity index (χ3v) is 2.70. The molecule has 0 aliphatic rings. The third kappa shape index (κ3) is 2.82. The van der Waals surface area contributed by atoms with Gasteiger partial charge in [0.15, 0.2) is 0 Å². The van der Waals surface area contributed by atoms with Crippen LogP contribution in [0.25, 0.3) is 11.0 Å². The molecule has 0 spiro atoms. The van der Waals surface area contributed by atoms with Gasteiger partial charge in [-0.15, -0.1) is 0 Å². The number of rotatable bonds is 6. The zero-order valence-corrected chi connectivity index (χ0v) is 9.97. The van der Waals surface area contributed by atoms with E-state index in [4.69, 9.17) is 10.6 Å². The fraction of sp³-hybridized carbons (Fsp3) is 0.417. The normalized spacial score (nSPS) is 13.1. The summed E-state index contributed by atoms with van der Waals surface area (Å²) >= 11 is 0. The van der Waals surface area contributed by atoms with E-state index in [1.165, 1.54) is 0 Å². The van der Waals surface area contributed by atoms with Crippen LogP contribution in [-0.2, 0) is 11.3 Å². The van der Waals surface area contributed by atoms with E-state index in [2.05, 4.69) is 21.0 Å². The Morgan fingerprint density at radius 2 is 2.29 bits per heavy atom. The number of nitrogens with two attached hydrogens (primary N) is 1. The number of benzene rings is 1. The Balaban J connectivity index is 2.11. The van der Waals surface area contributed by atoms with E-state index < -0.39 is 0 Å². The maximum absolute atomic E-state index is 5.51. The van der Waals surface area contributed by atoms with Crippen LogP contribution in [0.15, 0.2) is 30.6 Å². The van der Waals surface area contributed by atoms with Crippen molar-refractivity contribution in [1.82, 2.24) is 15.0 Å². The number of ether oxygens (including phenoxy) is 1. The zero-order chi connectivity index (χ0) is 12.1. The molecule has 5 heteroatoms. The summed E-state index contributed by atoms with van der Waals surface area (Å²) in [5, 5.41) is 0. The van der Waals surface area contributed by atoms with Crippen LogP contribution >= 0.6 is 0 Å². The van der Waals surface area contributed by atoms with Gasteiger partial charge in [-0.1, -0.05) is 12.1 Å². The summed E-state index contributed by atoms with van der Waals surface area (Å²) in [7, 11) is 0. The van der Waals surface area contributed by atoms with E-state index in [-0.39, 0.29) is 6.04 Å². The summed E-state index contributed by atoms with van der Waals surface area (Å²) in [5.74, 6) is 5.51. The van der Waals surface area contributed by atoms with Gasteiger partial charge < -0.3 is 9.30 Å². The van der Waals surface area contributed by atoms with E-state index >= 15 is 0 Å². The molecule has 17 heavy (non-hydrogen) atoms. The minimum atomic E-state index is 0.0903. The second-order valence-corrected chi connectivity index (χ2v) is 3.91. The number of hydrogen-bond donors (Lipinski definition) is 2. The largest absolute Gasteiger partial charge is 0.380 e. The molecule has 0 fully saturated rings. The van der Waals surface area contributed by atoms with Gasteiger partial charge in [0.25, 0.3) is 0 Å². The molecule has 1 heterocycles. The Morgan fingerprint density at radius 1 is 1.47 bits per heavy atom. The molecule has 1 aromatic carbocycles. The van der Waals surface area contributed by atoms with Crippen LogP contribution in [0.1, 0.15) is 6.92 Å². The van der Waals surface area contributed by atoms with Crippen molar-refractivity contribution < 1.29 is 4.74 Å². The highest BCUT2D eigenvalue weighted by Gasteiger charge is 2.09. The number of fused-ring (bicyclic) bond motifs is 1. The minimum Gasteiger partial charge on any atom is -0.380 e. The van der Waals surface area contributed by atoms with Gasteiger partial charge >= 0.3 is 0 Å². The quantitative estimate of drug-likeness (QED) is 0.576. The number of nitrogens with zero attached hydrogens (tertiary/aromatic N) is 2. The van der Waals surface area contributed by atoms with Crippen molar-refractivity contribution in [1.29, 1.82) is 0 Å². The van der Waals surface area contributed by atoms with Crippen LogP contribution in [0.2, 0.25) is 0 Å². The standard InChI is InChI=1S/C12H18N4O/c1-2-17-8-10(15-13)7-16-9-14-11-5-3-4-6-12(11)16/h3-6,9-10,15H,2,7-8,13H2,1H3. The average molecular weight is 234 g/mol. The monoisotopic (exact) mass is 234 g/mol. The fourth-order valence-corrected chi connectivity index (χ4v) is 1.81. The lowest BCUT2D eigenvalue weighted by Crippen LogP contribution is -2.41. The zero-order valence-electron chi connectivity index (χ0n) is 9.97.